The quantitative estimate of drug-likeness (QED) is 0.299. The lowest BCUT2D eigenvalue weighted by Gasteiger charge is -2.01. The first-order valence-electron chi connectivity index (χ1n) is 8.64. The van der Waals surface area contributed by atoms with E-state index in [2.05, 4.69) is 15.5 Å². The van der Waals surface area contributed by atoms with Crippen molar-refractivity contribution in [2.45, 2.75) is 0 Å². The molecule has 0 atom stereocenters. The van der Waals surface area contributed by atoms with Crippen molar-refractivity contribution >= 4 is 39.4 Å². The molecule has 7 nitrogen and oxygen atoms in total. The average molecular weight is 402 g/mol. The third kappa shape index (κ3) is 4.17. The van der Waals surface area contributed by atoms with Gasteiger partial charge in [-0.05, 0) is 42.0 Å². The van der Waals surface area contributed by atoms with Crippen LogP contribution in [0.5, 0.6) is 0 Å². The number of para-hydroxylation sites is 1. The van der Waals surface area contributed by atoms with E-state index in [4.69, 9.17) is 0 Å². The number of aromatic nitrogens is 1. The summed E-state index contributed by atoms with van der Waals surface area (Å²) < 4.78 is 1.12. The molecule has 142 valence electrons. The molecule has 0 bridgehead atoms. The summed E-state index contributed by atoms with van der Waals surface area (Å²) in [5.74, 6) is -0.348. The number of hydrogen-bond donors (Lipinski definition) is 1. The second-order valence-electron chi connectivity index (χ2n) is 6.11. The zero-order valence-corrected chi connectivity index (χ0v) is 15.8. The molecule has 1 heterocycles. The van der Waals surface area contributed by atoms with E-state index in [1.807, 2.05) is 36.4 Å². The van der Waals surface area contributed by atoms with Crippen LogP contribution in [-0.4, -0.2) is 22.0 Å². The number of benzene rings is 3. The molecule has 0 saturated heterocycles. The summed E-state index contributed by atoms with van der Waals surface area (Å²) >= 11 is 1.60. The number of carbonyl (C=O) groups is 1. The monoisotopic (exact) mass is 402 g/mol. The highest BCUT2D eigenvalue weighted by Gasteiger charge is 2.08. The van der Waals surface area contributed by atoms with Gasteiger partial charge in [-0.3, -0.25) is 14.9 Å². The van der Waals surface area contributed by atoms with Gasteiger partial charge in [-0.25, -0.2) is 10.4 Å². The van der Waals surface area contributed by atoms with Gasteiger partial charge in [-0.1, -0.05) is 24.3 Å². The van der Waals surface area contributed by atoms with Gasteiger partial charge in [-0.15, -0.1) is 11.3 Å². The van der Waals surface area contributed by atoms with Crippen LogP contribution in [0.25, 0.3) is 20.8 Å². The molecule has 1 amide bonds. The highest BCUT2D eigenvalue weighted by Crippen LogP contribution is 2.29. The smallest absolute Gasteiger partial charge is 0.267 e. The molecule has 0 aliphatic heterocycles. The molecule has 0 aliphatic rings. The number of nitro benzene ring substituents is 1. The number of nitro groups is 1. The Balaban J connectivity index is 1.42. The van der Waals surface area contributed by atoms with Crippen LogP contribution >= 0.6 is 11.3 Å². The van der Waals surface area contributed by atoms with Gasteiger partial charge in [0.05, 0.1) is 21.4 Å². The molecule has 1 N–H and O–H groups in total. The molecule has 0 saturated carbocycles. The summed E-state index contributed by atoms with van der Waals surface area (Å²) in [6.07, 6.45) is 1.43. The maximum absolute atomic E-state index is 12.2. The molecule has 1 aromatic heterocycles. The molecular formula is C21H14N4O3S. The number of thiazole rings is 1. The average Bonchev–Trinajstić information content (AvgIpc) is 3.18. The van der Waals surface area contributed by atoms with E-state index in [-0.39, 0.29) is 11.6 Å². The maximum Gasteiger partial charge on any atom is 0.271 e. The van der Waals surface area contributed by atoms with Crippen molar-refractivity contribution in [1.29, 1.82) is 0 Å². The Labute approximate surface area is 169 Å². The van der Waals surface area contributed by atoms with Crippen LogP contribution in [0.4, 0.5) is 5.69 Å². The molecule has 4 rings (SSSR count). The van der Waals surface area contributed by atoms with Gasteiger partial charge in [0.1, 0.15) is 5.01 Å². The molecule has 0 fully saturated rings. The van der Waals surface area contributed by atoms with Crippen LogP contribution in [0.3, 0.4) is 0 Å². The van der Waals surface area contributed by atoms with Crippen LogP contribution in [0.2, 0.25) is 0 Å². The molecule has 8 heteroatoms. The summed E-state index contributed by atoms with van der Waals surface area (Å²) in [7, 11) is 0. The van der Waals surface area contributed by atoms with Crippen LogP contribution in [0, 0.1) is 10.1 Å². The van der Waals surface area contributed by atoms with Gasteiger partial charge in [0, 0.05) is 23.3 Å². The van der Waals surface area contributed by atoms with E-state index in [0.717, 1.165) is 20.8 Å². The number of nitrogens with zero attached hydrogens (tertiary/aromatic N) is 3. The largest absolute Gasteiger partial charge is 0.271 e. The molecule has 0 radical (unpaired) electrons. The van der Waals surface area contributed by atoms with Gasteiger partial charge in [0.2, 0.25) is 0 Å². The summed E-state index contributed by atoms with van der Waals surface area (Å²) in [6, 6.07) is 21.0. The summed E-state index contributed by atoms with van der Waals surface area (Å²) in [6.45, 7) is 0. The lowest BCUT2D eigenvalue weighted by Crippen LogP contribution is -2.17. The van der Waals surface area contributed by atoms with Crippen molar-refractivity contribution in [1.82, 2.24) is 10.4 Å². The van der Waals surface area contributed by atoms with Crippen molar-refractivity contribution in [3.63, 3.8) is 0 Å². The predicted octanol–water partition coefficient (Wildman–Crippen LogP) is 4.64. The number of rotatable bonds is 5. The second-order valence-corrected chi connectivity index (χ2v) is 7.14. The van der Waals surface area contributed by atoms with Crippen LogP contribution in [0.15, 0.2) is 77.9 Å². The predicted molar refractivity (Wildman–Crippen MR) is 113 cm³/mol. The van der Waals surface area contributed by atoms with E-state index < -0.39 is 4.92 Å². The van der Waals surface area contributed by atoms with E-state index in [9.17, 15) is 14.9 Å². The minimum absolute atomic E-state index is 0.000554. The van der Waals surface area contributed by atoms with E-state index >= 15 is 0 Å². The Morgan fingerprint density at radius 3 is 2.45 bits per heavy atom. The van der Waals surface area contributed by atoms with Crippen LogP contribution < -0.4 is 5.43 Å². The molecule has 0 spiro atoms. The minimum atomic E-state index is -0.472. The standard InChI is InChI=1S/C21H14N4O3S/c26-20(24-22-13-14-5-11-17(12-6-14)25(27)28)15-7-9-16(10-8-15)21-23-18-3-1-2-4-19(18)29-21/h1-13H,(H,24,26)/b22-13+. The van der Waals surface area contributed by atoms with Gasteiger partial charge in [0.25, 0.3) is 11.6 Å². The number of fused-ring (bicyclic) bond motifs is 1. The topological polar surface area (TPSA) is 97.5 Å². The fourth-order valence-electron chi connectivity index (χ4n) is 2.67. The lowest BCUT2D eigenvalue weighted by molar-refractivity contribution is -0.384. The van der Waals surface area contributed by atoms with Gasteiger partial charge in [-0.2, -0.15) is 5.10 Å². The highest BCUT2D eigenvalue weighted by atomic mass is 32.1. The summed E-state index contributed by atoms with van der Waals surface area (Å²) in [5, 5.41) is 15.4. The number of amides is 1. The summed E-state index contributed by atoms with van der Waals surface area (Å²) in [4.78, 5) is 27.0. The van der Waals surface area contributed by atoms with Crippen molar-refractivity contribution in [2.75, 3.05) is 0 Å². The number of hydrazone groups is 1. The third-order valence-electron chi connectivity index (χ3n) is 4.17. The fraction of sp³-hybridized carbons (Fsp3) is 0. The Hall–Kier alpha value is -3.91. The summed E-state index contributed by atoms with van der Waals surface area (Å²) in [5.41, 5.74) is 5.45. The third-order valence-corrected chi connectivity index (χ3v) is 5.26. The minimum Gasteiger partial charge on any atom is -0.267 e. The molecular weight excluding hydrogens is 388 g/mol. The van der Waals surface area contributed by atoms with E-state index in [1.165, 1.54) is 18.3 Å². The van der Waals surface area contributed by atoms with E-state index in [1.54, 1.807) is 35.6 Å². The van der Waals surface area contributed by atoms with Crippen LogP contribution in [0.1, 0.15) is 15.9 Å². The van der Waals surface area contributed by atoms with Gasteiger partial charge in [0.15, 0.2) is 0 Å². The van der Waals surface area contributed by atoms with Gasteiger partial charge >= 0.3 is 0 Å². The highest BCUT2D eigenvalue weighted by molar-refractivity contribution is 7.21. The first kappa shape index (κ1) is 18.5. The SMILES string of the molecule is O=C(N/N=C/c1ccc([N+](=O)[O-])cc1)c1ccc(-c2nc3ccccc3s2)cc1. The molecule has 0 unspecified atom stereocenters. The molecule has 3 aromatic carbocycles. The Kier molecular flexibility index (Phi) is 5.08. The number of nitrogens with one attached hydrogen (secondary N) is 1. The van der Waals surface area contributed by atoms with Crippen molar-refractivity contribution in [3.8, 4) is 10.6 Å². The molecule has 29 heavy (non-hydrogen) atoms. The van der Waals surface area contributed by atoms with Crippen molar-refractivity contribution in [2.24, 2.45) is 5.10 Å². The zero-order chi connectivity index (χ0) is 20.2. The molecule has 0 aliphatic carbocycles. The maximum atomic E-state index is 12.2. The normalized spacial score (nSPS) is 11.0. The molecule has 4 aromatic rings. The Morgan fingerprint density at radius 1 is 1.03 bits per heavy atom. The zero-order valence-electron chi connectivity index (χ0n) is 15.0. The van der Waals surface area contributed by atoms with E-state index in [0.29, 0.717) is 11.1 Å². The number of hydrogen-bond acceptors (Lipinski definition) is 6. The van der Waals surface area contributed by atoms with Crippen molar-refractivity contribution in [3.05, 3.63) is 94.0 Å². The van der Waals surface area contributed by atoms with Crippen LogP contribution in [-0.2, 0) is 0 Å². The van der Waals surface area contributed by atoms with Gasteiger partial charge < -0.3 is 0 Å². The Bertz CT molecular complexity index is 1180. The first-order chi connectivity index (χ1) is 14.1. The number of non-ortho nitro benzene ring substituents is 1. The van der Waals surface area contributed by atoms with Crippen molar-refractivity contribution < 1.29 is 9.72 Å². The number of carbonyl (C=O) groups excluding carboxylic acids is 1. The second kappa shape index (κ2) is 7.99. The lowest BCUT2D eigenvalue weighted by atomic mass is 10.1. The first-order valence-corrected chi connectivity index (χ1v) is 9.46. The fourth-order valence-corrected chi connectivity index (χ4v) is 3.64. The Morgan fingerprint density at radius 2 is 1.76 bits per heavy atom.